The van der Waals surface area contributed by atoms with E-state index in [0.29, 0.717) is 37.2 Å². The molecular weight excluding hydrogens is 506 g/mol. The molecule has 4 heterocycles. The van der Waals surface area contributed by atoms with E-state index in [1.807, 2.05) is 30.3 Å². The van der Waals surface area contributed by atoms with E-state index in [1.165, 1.54) is 16.2 Å². The van der Waals surface area contributed by atoms with Crippen LogP contribution in [0.3, 0.4) is 0 Å². The number of aromatic nitrogens is 1. The number of nitrogens with zero attached hydrogens (tertiary/aromatic N) is 5. The van der Waals surface area contributed by atoms with Crippen LogP contribution < -0.4 is 11.5 Å². The molecule has 1 aromatic heterocycles. The Labute approximate surface area is 224 Å². The summed E-state index contributed by atoms with van der Waals surface area (Å²) in [6.07, 6.45) is 3.86. The number of likely N-dealkylation sites (tertiary alicyclic amines) is 1. The van der Waals surface area contributed by atoms with Crippen molar-refractivity contribution in [3.63, 3.8) is 0 Å². The van der Waals surface area contributed by atoms with Crippen LogP contribution in [0.25, 0.3) is 0 Å². The summed E-state index contributed by atoms with van der Waals surface area (Å²) in [5.41, 5.74) is 12.2. The van der Waals surface area contributed by atoms with Crippen LogP contribution in [0.5, 0.6) is 0 Å². The van der Waals surface area contributed by atoms with Crippen molar-refractivity contribution >= 4 is 40.8 Å². The first-order valence-electron chi connectivity index (χ1n) is 12.8. The van der Waals surface area contributed by atoms with Gasteiger partial charge in [-0.2, -0.15) is 0 Å². The fourth-order valence-electron chi connectivity index (χ4n) is 5.78. The molecular formula is C26H31N7O4S. The number of piperazine rings is 1. The maximum atomic E-state index is 13.8. The molecule has 38 heavy (non-hydrogen) atoms. The number of benzene rings is 1. The van der Waals surface area contributed by atoms with Gasteiger partial charge >= 0.3 is 0 Å². The van der Waals surface area contributed by atoms with Crippen LogP contribution in [0.4, 0.5) is 0 Å². The Kier molecular flexibility index (Phi) is 7.41. The van der Waals surface area contributed by atoms with Crippen LogP contribution in [-0.2, 0) is 20.8 Å². The smallest absolute Gasteiger partial charge is 0.246 e. The Balaban J connectivity index is 1.27. The molecule has 3 unspecified atom stereocenters. The van der Waals surface area contributed by atoms with E-state index in [9.17, 15) is 19.2 Å². The second-order valence-corrected chi connectivity index (χ2v) is 10.9. The van der Waals surface area contributed by atoms with Crippen LogP contribution in [-0.4, -0.2) is 92.9 Å². The second kappa shape index (κ2) is 10.9. The van der Waals surface area contributed by atoms with Crippen molar-refractivity contribution in [3.8, 4) is 0 Å². The SMILES string of the molecule is NC(N)=NC1CC(C(=O)c2nccs2)N(C(=O)C2CC[C@H]3CN(C(=O)CCc4ccccc4)CC(=O)N23)C1. The summed E-state index contributed by atoms with van der Waals surface area (Å²) < 4.78 is 0. The number of aliphatic imine (C=N–C) groups is 1. The maximum Gasteiger partial charge on any atom is 0.246 e. The van der Waals surface area contributed by atoms with Gasteiger partial charge in [-0.25, -0.2) is 9.98 Å². The first-order chi connectivity index (χ1) is 18.3. The summed E-state index contributed by atoms with van der Waals surface area (Å²) in [5, 5.41) is 2.03. The van der Waals surface area contributed by atoms with E-state index >= 15 is 0 Å². The third kappa shape index (κ3) is 5.26. The molecule has 11 nitrogen and oxygen atoms in total. The van der Waals surface area contributed by atoms with Gasteiger partial charge in [-0.3, -0.25) is 19.2 Å². The van der Waals surface area contributed by atoms with Gasteiger partial charge in [0.2, 0.25) is 23.5 Å². The van der Waals surface area contributed by atoms with E-state index in [-0.39, 0.29) is 55.0 Å². The number of nitrogens with two attached hydrogens (primary N) is 2. The number of rotatable bonds is 7. The molecule has 4 N–H and O–H groups in total. The number of aryl methyl sites for hydroxylation is 1. The monoisotopic (exact) mass is 537 g/mol. The normalized spacial score (nSPS) is 24.8. The van der Waals surface area contributed by atoms with E-state index in [0.717, 1.165) is 5.56 Å². The van der Waals surface area contributed by atoms with Gasteiger partial charge in [0.25, 0.3) is 0 Å². The lowest BCUT2D eigenvalue weighted by Crippen LogP contribution is -2.60. The molecule has 0 bridgehead atoms. The molecule has 0 spiro atoms. The molecule has 3 aliphatic heterocycles. The number of Topliss-reactive ketones (excluding diaryl/α,β-unsaturated/α-hetero) is 1. The van der Waals surface area contributed by atoms with Gasteiger partial charge in [-0.05, 0) is 31.2 Å². The molecule has 3 aliphatic rings. The minimum Gasteiger partial charge on any atom is -0.370 e. The van der Waals surface area contributed by atoms with Crippen LogP contribution in [0.2, 0.25) is 0 Å². The predicted octanol–water partition coefficient (Wildman–Crippen LogP) is 0.403. The van der Waals surface area contributed by atoms with Crippen molar-refractivity contribution in [2.24, 2.45) is 16.5 Å². The van der Waals surface area contributed by atoms with Crippen molar-refractivity contribution in [1.82, 2.24) is 19.7 Å². The molecule has 3 saturated heterocycles. The Bertz CT molecular complexity index is 1230. The molecule has 3 amide bonds. The zero-order valence-electron chi connectivity index (χ0n) is 20.9. The number of carbonyl (C=O) groups is 4. The highest BCUT2D eigenvalue weighted by Crippen LogP contribution is 2.33. The fraction of sp³-hybridized carbons (Fsp3) is 0.462. The number of hydrogen-bond acceptors (Lipinski definition) is 7. The summed E-state index contributed by atoms with van der Waals surface area (Å²) in [5.74, 6) is -0.948. The zero-order valence-corrected chi connectivity index (χ0v) is 21.8. The third-order valence-corrected chi connectivity index (χ3v) is 8.28. The van der Waals surface area contributed by atoms with Crippen molar-refractivity contribution in [3.05, 3.63) is 52.5 Å². The second-order valence-electron chi connectivity index (χ2n) is 9.96. The number of fused-ring (bicyclic) bond motifs is 1. The van der Waals surface area contributed by atoms with Crippen LogP contribution >= 0.6 is 11.3 Å². The van der Waals surface area contributed by atoms with Crippen molar-refractivity contribution < 1.29 is 19.2 Å². The largest absolute Gasteiger partial charge is 0.370 e. The van der Waals surface area contributed by atoms with E-state index < -0.39 is 18.1 Å². The summed E-state index contributed by atoms with van der Waals surface area (Å²) in [7, 11) is 0. The molecule has 2 aromatic rings. The lowest BCUT2D eigenvalue weighted by molar-refractivity contribution is -0.153. The Morgan fingerprint density at radius 3 is 2.58 bits per heavy atom. The van der Waals surface area contributed by atoms with Gasteiger partial charge in [0.1, 0.15) is 6.04 Å². The number of thiazole rings is 1. The maximum absolute atomic E-state index is 13.8. The fourth-order valence-corrected chi connectivity index (χ4v) is 6.40. The minimum absolute atomic E-state index is 0.0496. The summed E-state index contributed by atoms with van der Waals surface area (Å²) in [6, 6.07) is 7.69. The van der Waals surface area contributed by atoms with Crippen molar-refractivity contribution in [1.29, 1.82) is 0 Å². The first kappa shape index (κ1) is 25.8. The lowest BCUT2D eigenvalue weighted by atomic mass is 10.1. The molecule has 3 fully saturated rings. The van der Waals surface area contributed by atoms with Gasteiger partial charge in [0, 0.05) is 31.1 Å². The van der Waals surface area contributed by atoms with E-state index in [2.05, 4.69) is 9.98 Å². The van der Waals surface area contributed by atoms with E-state index in [1.54, 1.807) is 21.4 Å². The molecule has 0 radical (unpaired) electrons. The number of ketones is 1. The van der Waals surface area contributed by atoms with Gasteiger partial charge in [0.05, 0.1) is 24.7 Å². The highest BCUT2D eigenvalue weighted by atomic mass is 32.1. The minimum atomic E-state index is -0.753. The number of carbonyl (C=O) groups excluding carboxylic acids is 4. The molecule has 200 valence electrons. The zero-order chi connectivity index (χ0) is 26.8. The first-order valence-corrected chi connectivity index (χ1v) is 13.7. The lowest BCUT2D eigenvalue weighted by Gasteiger charge is -2.40. The molecule has 4 atom stereocenters. The highest BCUT2D eigenvalue weighted by Gasteiger charge is 2.50. The topological polar surface area (TPSA) is 155 Å². The van der Waals surface area contributed by atoms with Crippen molar-refractivity contribution in [2.75, 3.05) is 19.6 Å². The molecule has 5 rings (SSSR count). The van der Waals surface area contributed by atoms with Gasteiger partial charge in [-0.1, -0.05) is 30.3 Å². The average molecular weight is 538 g/mol. The molecule has 0 aliphatic carbocycles. The number of guanidine groups is 1. The van der Waals surface area contributed by atoms with Crippen molar-refractivity contribution in [2.45, 2.75) is 56.3 Å². The molecule has 1 aromatic carbocycles. The third-order valence-electron chi connectivity index (χ3n) is 7.50. The number of hydrogen-bond donors (Lipinski definition) is 2. The average Bonchev–Trinajstić information content (AvgIpc) is 3.67. The summed E-state index contributed by atoms with van der Waals surface area (Å²) in [4.78, 5) is 66.2. The van der Waals surface area contributed by atoms with Crippen LogP contribution in [0.1, 0.15) is 41.0 Å². The molecule has 0 saturated carbocycles. The van der Waals surface area contributed by atoms with Gasteiger partial charge < -0.3 is 26.2 Å². The Morgan fingerprint density at radius 1 is 1.08 bits per heavy atom. The summed E-state index contributed by atoms with van der Waals surface area (Å²) >= 11 is 1.22. The van der Waals surface area contributed by atoms with E-state index in [4.69, 9.17) is 11.5 Å². The van der Waals surface area contributed by atoms with Gasteiger partial charge in [-0.15, -0.1) is 11.3 Å². The van der Waals surface area contributed by atoms with Crippen LogP contribution in [0.15, 0.2) is 46.9 Å². The van der Waals surface area contributed by atoms with Gasteiger partial charge in [0.15, 0.2) is 11.0 Å². The van der Waals surface area contributed by atoms with Crippen LogP contribution in [0, 0.1) is 0 Å². The summed E-state index contributed by atoms with van der Waals surface area (Å²) in [6.45, 7) is 0.541. The predicted molar refractivity (Wildman–Crippen MR) is 141 cm³/mol. The Morgan fingerprint density at radius 2 is 1.87 bits per heavy atom. The highest BCUT2D eigenvalue weighted by molar-refractivity contribution is 7.11. The quantitative estimate of drug-likeness (QED) is 0.294. The standard InChI is InChI=1S/C26H31N7O4S/c27-26(28)30-17-12-20(23(36)24-29-10-11-38-24)32(13-17)25(37)19-8-7-18-14-31(15-22(35)33(18)19)21(34)9-6-16-4-2-1-3-5-16/h1-5,10-11,17-20H,6-9,12-15H2,(H4,27,28,30)/t17?,18-,19?,20?/m0/s1. The Hall–Kier alpha value is -3.80. The molecule has 12 heteroatoms. The number of amides is 3.